The summed E-state index contributed by atoms with van der Waals surface area (Å²) >= 11 is 0. The number of nitrogens with zero attached hydrogens (tertiary/aromatic N) is 1. The fourth-order valence-electron chi connectivity index (χ4n) is 2.17. The first-order chi connectivity index (χ1) is 11.5. The van der Waals surface area contributed by atoms with E-state index < -0.39 is 0 Å². The molecule has 6 nitrogen and oxygen atoms in total. The molecule has 0 saturated carbocycles. The Balaban J connectivity index is 2.14. The Bertz CT molecular complexity index is 740. The minimum atomic E-state index is -0.292. The van der Waals surface area contributed by atoms with Crippen molar-refractivity contribution in [2.24, 2.45) is 5.10 Å². The number of methoxy groups -OCH3 is 2. The molecule has 0 aliphatic rings. The first-order valence-corrected chi connectivity index (χ1v) is 7.41. The summed E-state index contributed by atoms with van der Waals surface area (Å²) in [6.07, 6.45) is 0. The molecule has 0 aliphatic carbocycles. The van der Waals surface area contributed by atoms with Crippen molar-refractivity contribution in [3.63, 3.8) is 0 Å². The molecule has 3 N–H and O–H groups in total. The van der Waals surface area contributed by atoms with Crippen molar-refractivity contribution < 1.29 is 14.3 Å². The van der Waals surface area contributed by atoms with E-state index in [1.54, 1.807) is 38.5 Å². The zero-order valence-electron chi connectivity index (χ0n) is 14.0. The molecular formula is C18H21N3O3. The number of hydrogen-bond acceptors (Lipinski definition) is 5. The highest BCUT2D eigenvalue weighted by Crippen LogP contribution is 2.21. The fraction of sp³-hybridized carbons (Fsp3) is 0.222. The lowest BCUT2D eigenvalue weighted by Crippen LogP contribution is -2.19. The van der Waals surface area contributed by atoms with E-state index in [1.807, 2.05) is 25.1 Å². The van der Waals surface area contributed by atoms with E-state index in [1.165, 1.54) is 0 Å². The van der Waals surface area contributed by atoms with Crippen molar-refractivity contribution in [2.75, 3.05) is 20.0 Å². The SMILES string of the molecule is COCc1cc(/C(C)=N\NC(=O)c2ccc(N)cc2)ccc1OC. The lowest BCUT2D eigenvalue weighted by molar-refractivity contribution is 0.0955. The molecule has 126 valence electrons. The number of carbonyl (C=O) groups excluding carboxylic acids is 1. The van der Waals surface area contributed by atoms with Gasteiger partial charge in [0, 0.05) is 23.9 Å². The highest BCUT2D eigenvalue weighted by Gasteiger charge is 2.08. The number of nitrogens with two attached hydrogens (primary N) is 1. The molecule has 0 aromatic heterocycles. The van der Waals surface area contributed by atoms with Crippen LogP contribution in [0.25, 0.3) is 0 Å². The van der Waals surface area contributed by atoms with E-state index in [2.05, 4.69) is 10.5 Å². The molecule has 2 aromatic carbocycles. The number of hydrogen-bond donors (Lipinski definition) is 2. The molecule has 0 heterocycles. The number of ether oxygens (including phenoxy) is 2. The summed E-state index contributed by atoms with van der Waals surface area (Å²) in [7, 11) is 3.24. The Kier molecular flexibility index (Phi) is 5.92. The Morgan fingerprint density at radius 2 is 1.79 bits per heavy atom. The van der Waals surface area contributed by atoms with E-state index >= 15 is 0 Å². The second-order valence-corrected chi connectivity index (χ2v) is 5.22. The van der Waals surface area contributed by atoms with Gasteiger partial charge >= 0.3 is 0 Å². The Hall–Kier alpha value is -2.86. The number of nitrogen functional groups attached to an aromatic ring is 1. The number of nitrogens with one attached hydrogen (secondary N) is 1. The van der Waals surface area contributed by atoms with Crippen molar-refractivity contribution in [2.45, 2.75) is 13.5 Å². The maximum absolute atomic E-state index is 12.1. The molecule has 2 aromatic rings. The Morgan fingerprint density at radius 3 is 2.42 bits per heavy atom. The van der Waals surface area contributed by atoms with Gasteiger partial charge in [-0.15, -0.1) is 0 Å². The molecule has 0 fully saturated rings. The summed E-state index contributed by atoms with van der Waals surface area (Å²) in [5.74, 6) is 0.458. The summed E-state index contributed by atoms with van der Waals surface area (Å²) < 4.78 is 10.5. The van der Waals surface area contributed by atoms with Crippen LogP contribution in [0.2, 0.25) is 0 Å². The first-order valence-electron chi connectivity index (χ1n) is 7.41. The molecule has 0 atom stereocenters. The summed E-state index contributed by atoms with van der Waals surface area (Å²) in [4.78, 5) is 12.1. The molecule has 0 radical (unpaired) electrons. The molecular weight excluding hydrogens is 306 g/mol. The van der Waals surface area contributed by atoms with E-state index in [0.717, 1.165) is 16.9 Å². The normalized spacial score (nSPS) is 11.2. The number of rotatable bonds is 6. The predicted molar refractivity (Wildman–Crippen MR) is 94.2 cm³/mol. The second-order valence-electron chi connectivity index (χ2n) is 5.22. The largest absolute Gasteiger partial charge is 0.496 e. The van der Waals surface area contributed by atoms with Crippen molar-refractivity contribution in [1.29, 1.82) is 0 Å². The monoisotopic (exact) mass is 327 g/mol. The maximum Gasteiger partial charge on any atom is 0.271 e. The van der Waals surface area contributed by atoms with Gasteiger partial charge in [-0.1, -0.05) is 0 Å². The zero-order valence-corrected chi connectivity index (χ0v) is 14.0. The predicted octanol–water partition coefficient (Wildman–Crippen LogP) is 2.58. The average molecular weight is 327 g/mol. The van der Waals surface area contributed by atoms with Crippen LogP contribution < -0.4 is 15.9 Å². The van der Waals surface area contributed by atoms with E-state index in [9.17, 15) is 4.79 Å². The Labute approximate surface area is 141 Å². The quantitative estimate of drug-likeness (QED) is 0.485. The van der Waals surface area contributed by atoms with Gasteiger partial charge in [-0.3, -0.25) is 4.79 Å². The number of amides is 1. The standard InChI is InChI=1S/C18H21N3O3/c1-12(14-6-9-17(24-3)15(10-14)11-23-2)20-21-18(22)13-4-7-16(19)8-5-13/h4-10H,11,19H2,1-3H3,(H,21,22)/b20-12-. The number of carbonyl (C=O) groups is 1. The molecule has 0 bridgehead atoms. The molecule has 0 aliphatic heterocycles. The molecule has 0 saturated heterocycles. The number of anilines is 1. The van der Waals surface area contributed by atoms with Crippen LogP contribution in [0.4, 0.5) is 5.69 Å². The summed E-state index contributed by atoms with van der Waals surface area (Å²) in [5.41, 5.74) is 11.7. The van der Waals surface area contributed by atoms with Gasteiger partial charge in [0.25, 0.3) is 5.91 Å². The third kappa shape index (κ3) is 4.33. The van der Waals surface area contributed by atoms with Gasteiger partial charge in [-0.05, 0) is 55.0 Å². The minimum absolute atomic E-state index is 0.292. The topological polar surface area (TPSA) is 85.9 Å². The highest BCUT2D eigenvalue weighted by molar-refractivity contribution is 6.01. The van der Waals surface area contributed by atoms with Gasteiger partial charge in [-0.2, -0.15) is 5.10 Å². The number of hydrazone groups is 1. The summed E-state index contributed by atoms with van der Waals surface area (Å²) in [5, 5.41) is 4.15. The van der Waals surface area contributed by atoms with Crippen LogP contribution in [0.3, 0.4) is 0 Å². The first kappa shape index (κ1) is 17.5. The van der Waals surface area contributed by atoms with Gasteiger partial charge in [0.1, 0.15) is 5.75 Å². The highest BCUT2D eigenvalue weighted by atomic mass is 16.5. The minimum Gasteiger partial charge on any atom is -0.496 e. The van der Waals surface area contributed by atoms with Crippen LogP contribution in [0.15, 0.2) is 47.6 Å². The van der Waals surface area contributed by atoms with Crippen LogP contribution in [-0.4, -0.2) is 25.8 Å². The molecule has 6 heteroatoms. The third-order valence-electron chi connectivity index (χ3n) is 3.50. The van der Waals surface area contributed by atoms with Gasteiger partial charge < -0.3 is 15.2 Å². The van der Waals surface area contributed by atoms with Gasteiger partial charge in [0.2, 0.25) is 0 Å². The second kappa shape index (κ2) is 8.12. The average Bonchev–Trinajstić information content (AvgIpc) is 2.60. The third-order valence-corrected chi connectivity index (χ3v) is 3.50. The summed E-state index contributed by atoms with van der Waals surface area (Å²) in [6.45, 7) is 2.25. The van der Waals surface area contributed by atoms with E-state index in [0.29, 0.717) is 23.6 Å². The van der Waals surface area contributed by atoms with Crippen LogP contribution in [-0.2, 0) is 11.3 Å². The lowest BCUT2D eigenvalue weighted by Gasteiger charge is -2.10. The molecule has 2 rings (SSSR count). The van der Waals surface area contributed by atoms with Crippen LogP contribution in [0.5, 0.6) is 5.75 Å². The lowest BCUT2D eigenvalue weighted by atomic mass is 10.1. The zero-order chi connectivity index (χ0) is 17.5. The van der Waals surface area contributed by atoms with Crippen molar-refractivity contribution in [3.8, 4) is 5.75 Å². The van der Waals surface area contributed by atoms with Crippen LogP contribution in [0.1, 0.15) is 28.4 Å². The number of benzene rings is 2. The molecule has 1 amide bonds. The molecule has 24 heavy (non-hydrogen) atoms. The van der Waals surface area contributed by atoms with Crippen molar-refractivity contribution in [1.82, 2.24) is 5.43 Å². The van der Waals surface area contributed by atoms with Gasteiger partial charge in [0.15, 0.2) is 0 Å². The van der Waals surface area contributed by atoms with Crippen LogP contribution >= 0.6 is 0 Å². The van der Waals surface area contributed by atoms with Gasteiger partial charge in [-0.25, -0.2) is 5.43 Å². The van der Waals surface area contributed by atoms with Crippen LogP contribution in [0, 0.1) is 0 Å². The fourth-order valence-corrected chi connectivity index (χ4v) is 2.17. The van der Waals surface area contributed by atoms with Crippen molar-refractivity contribution in [3.05, 3.63) is 59.2 Å². The van der Waals surface area contributed by atoms with E-state index in [4.69, 9.17) is 15.2 Å². The maximum atomic E-state index is 12.1. The summed E-state index contributed by atoms with van der Waals surface area (Å²) in [6, 6.07) is 12.3. The molecule has 0 spiro atoms. The smallest absolute Gasteiger partial charge is 0.271 e. The Morgan fingerprint density at radius 1 is 1.12 bits per heavy atom. The van der Waals surface area contributed by atoms with Crippen molar-refractivity contribution >= 4 is 17.3 Å². The molecule has 0 unspecified atom stereocenters. The van der Waals surface area contributed by atoms with E-state index in [-0.39, 0.29) is 5.91 Å². The van der Waals surface area contributed by atoms with Gasteiger partial charge in [0.05, 0.1) is 19.4 Å².